The summed E-state index contributed by atoms with van der Waals surface area (Å²) in [6.07, 6.45) is 2.91. The van der Waals surface area contributed by atoms with E-state index >= 15 is 0 Å². The first kappa shape index (κ1) is 10.5. The summed E-state index contributed by atoms with van der Waals surface area (Å²) in [7, 11) is 0. The van der Waals surface area contributed by atoms with Gasteiger partial charge in [-0.25, -0.2) is 0 Å². The molecule has 1 fully saturated rings. The Balaban J connectivity index is 1.54. The highest BCUT2D eigenvalue weighted by molar-refractivity contribution is 5.20. The Bertz CT molecular complexity index is 418. The van der Waals surface area contributed by atoms with Crippen molar-refractivity contribution in [2.75, 3.05) is 0 Å². The van der Waals surface area contributed by atoms with Crippen LogP contribution in [0, 0.1) is 0 Å². The minimum Gasteiger partial charge on any atom is -0.369 e. The molecule has 2 aromatic rings. The highest BCUT2D eigenvalue weighted by atomic mass is 16.6. The van der Waals surface area contributed by atoms with Crippen molar-refractivity contribution in [1.82, 2.24) is 0 Å². The zero-order chi connectivity index (χ0) is 11.5. The molecule has 1 nitrogen and oxygen atoms in total. The predicted molar refractivity (Wildman–Crippen MR) is 69.0 cm³/mol. The molecule has 86 valence electrons. The lowest BCUT2D eigenvalue weighted by Crippen LogP contribution is -2.01. The lowest BCUT2D eigenvalue weighted by atomic mass is 10.0. The molecule has 0 aromatic heterocycles. The van der Waals surface area contributed by atoms with Gasteiger partial charge >= 0.3 is 0 Å². The van der Waals surface area contributed by atoms with E-state index in [-0.39, 0.29) is 0 Å². The Morgan fingerprint density at radius 3 is 1.47 bits per heavy atom. The van der Waals surface area contributed by atoms with Crippen molar-refractivity contribution in [2.45, 2.75) is 25.0 Å². The van der Waals surface area contributed by atoms with Crippen LogP contribution in [0.15, 0.2) is 60.7 Å². The van der Waals surface area contributed by atoms with Crippen molar-refractivity contribution < 1.29 is 4.74 Å². The molecule has 1 saturated heterocycles. The molecular weight excluding hydrogens is 208 g/mol. The molecule has 3 rings (SSSR count). The largest absolute Gasteiger partial charge is 0.369 e. The van der Waals surface area contributed by atoms with Crippen LogP contribution < -0.4 is 0 Å². The van der Waals surface area contributed by atoms with Gasteiger partial charge in [-0.15, -0.1) is 0 Å². The molecule has 0 amide bonds. The number of benzene rings is 2. The van der Waals surface area contributed by atoms with E-state index in [1.807, 2.05) is 0 Å². The van der Waals surface area contributed by atoms with Crippen molar-refractivity contribution in [3.63, 3.8) is 0 Å². The molecule has 17 heavy (non-hydrogen) atoms. The van der Waals surface area contributed by atoms with Crippen molar-refractivity contribution in [1.29, 1.82) is 0 Å². The number of hydrogen-bond acceptors (Lipinski definition) is 1. The van der Waals surface area contributed by atoms with Gasteiger partial charge in [-0.2, -0.15) is 0 Å². The normalized spacial score (nSPS) is 22.4. The molecular formula is C16H16O. The Morgan fingerprint density at radius 1 is 0.647 bits per heavy atom. The summed E-state index contributed by atoms with van der Waals surface area (Å²) in [5.41, 5.74) is 2.74. The van der Waals surface area contributed by atoms with Crippen molar-refractivity contribution >= 4 is 0 Å². The molecule has 1 heterocycles. The molecule has 1 aliphatic heterocycles. The fourth-order valence-corrected chi connectivity index (χ4v) is 2.23. The monoisotopic (exact) mass is 224 g/mol. The maximum Gasteiger partial charge on any atom is 0.0885 e. The van der Waals surface area contributed by atoms with Crippen LogP contribution in [0.2, 0.25) is 0 Å². The Kier molecular flexibility index (Phi) is 2.93. The van der Waals surface area contributed by atoms with Gasteiger partial charge < -0.3 is 4.74 Å². The Labute approximate surface area is 102 Å². The lowest BCUT2D eigenvalue weighted by Gasteiger charge is -1.98. The SMILES string of the molecule is c1ccc(C[C@@H]2O[C@@H]2Cc2ccccc2)cc1. The van der Waals surface area contributed by atoms with Gasteiger partial charge in [0.2, 0.25) is 0 Å². The van der Waals surface area contributed by atoms with Crippen molar-refractivity contribution in [3.05, 3.63) is 71.8 Å². The topological polar surface area (TPSA) is 12.5 Å². The first-order chi connectivity index (χ1) is 8.42. The Morgan fingerprint density at radius 2 is 1.06 bits per heavy atom. The quantitative estimate of drug-likeness (QED) is 0.726. The van der Waals surface area contributed by atoms with Gasteiger partial charge in [0.25, 0.3) is 0 Å². The van der Waals surface area contributed by atoms with E-state index in [4.69, 9.17) is 4.74 Å². The summed E-state index contributed by atoms with van der Waals surface area (Å²) >= 11 is 0. The molecule has 0 N–H and O–H groups in total. The van der Waals surface area contributed by atoms with Gasteiger partial charge in [-0.1, -0.05) is 60.7 Å². The summed E-state index contributed by atoms with van der Waals surface area (Å²) in [5.74, 6) is 0. The lowest BCUT2D eigenvalue weighted by molar-refractivity contribution is 0.368. The predicted octanol–water partition coefficient (Wildman–Crippen LogP) is 3.24. The summed E-state index contributed by atoms with van der Waals surface area (Å²) in [6, 6.07) is 21.1. The van der Waals surface area contributed by atoms with E-state index < -0.39 is 0 Å². The summed E-state index contributed by atoms with van der Waals surface area (Å²) in [4.78, 5) is 0. The third-order valence-electron chi connectivity index (χ3n) is 3.25. The molecule has 2 aromatic carbocycles. The highest BCUT2D eigenvalue weighted by Crippen LogP contribution is 2.29. The standard InChI is InChI=1S/C16H16O/c1-3-7-13(8-4-1)11-15-16(17-15)12-14-9-5-2-6-10-14/h1-10,15-16H,11-12H2/t15-,16+. The summed E-state index contributed by atoms with van der Waals surface area (Å²) in [5, 5.41) is 0. The number of hydrogen-bond donors (Lipinski definition) is 0. The van der Waals surface area contributed by atoms with E-state index in [2.05, 4.69) is 60.7 Å². The third kappa shape index (κ3) is 2.75. The second-order valence-corrected chi connectivity index (χ2v) is 4.59. The van der Waals surface area contributed by atoms with E-state index in [0.29, 0.717) is 12.2 Å². The molecule has 0 spiro atoms. The van der Waals surface area contributed by atoms with E-state index in [9.17, 15) is 0 Å². The third-order valence-corrected chi connectivity index (χ3v) is 3.25. The van der Waals surface area contributed by atoms with Crippen LogP contribution in [-0.2, 0) is 17.6 Å². The van der Waals surface area contributed by atoms with Gasteiger partial charge in [0, 0.05) is 12.8 Å². The number of ether oxygens (including phenoxy) is 1. The molecule has 0 unspecified atom stereocenters. The van der Waals surface area contributed by atoms with E-state index in [0.717, 1.165) is 12.8 Å². The van der Waals surface area contributed by atoms with Crippen LogP contribution in [0.3, 0.4) is 0 Å². The smallest absolute Gasteiger partial charge is 0.0885 e. The number of rotatable bonds is 4. The fraction of sp³-hybridized carbons (Fsp3) is 0.250. The first-order valence-electron chi connectivity index (χ1n) is 6.15. The van der Waals surface area contributed by atoms with Gasteiger partial charge in [-0.3, -0.25) is 0 Å². The number of epoxide rings is 1. The van der Waals surface area contributed by atoms with Gasteiger partial charge in [0.15, 0.2) is 0 Å². The fourth-order valence-electron chi connectivity index (χ4n) is 2.23. The molecule has 1 aliphatic rings. The van der Waals surface area contributed by atoms with Crippen LogP contribution in [0.5, 0.6) is 0 Å². The Hall–Kier alpha value is -1.60. The molecule has 0 bridgehead atoms. The van der Waals surface area contributed by atoms with Gasteiger partial charge in [0.05, 0.1) is 12.2 Å². The average Bonchev–Trinajstić information content (AvgIpc) is 3.10. The molecule has 0 radical (unpaired) electrons. The molecule has 0 aliphatic carbocycles. The van der Waals surface area contributed by atoms with E-state index in [1.165, 1.54) is 11.1 Å². The van der Waals surface area contributed by atoms with Gasteiger partial charge in [-0.05, 0) is 11.1 Å². The van der Waals surface area contributed by atoms with Crippen molar-refractivity contribution in [2.24, 2.45) is 0 Å². The average molecular weight is 224 g/mol. The second-order valence-electron chi connectivity index (χ2n) is 4.59. The molecule has 0 saturated carbocycles. The van der Waals surface area contributed by atoms with Crippen LogP contribution in [0.25, 0.3) is 0 Å². The minimum atomic E-state index is 0.414. The second kappa shape index (κ2) is 4.72. The summed E-state index contributed by atoms with van der Waals surface area (Å²) in [6.45, 7) is 0. The maximum atomic E-state index is 5.72. The minimum absolute atomic E-state index is 0.414. The summed E-state index contributed by atoms with van der Waals surface area (Å²) < 4.78 is 5.72. The zero-order valence-corrected chi connectivity index (χ0v) is 9.75. The van der Waals surface area contributed by atoms with Crippen LogP contribution in [0.1, 0.15) is 11.1 Å². The zero-order valence-electron chi connectivity index (χ0n) is 9.75. The van der Waals surface area contributed by atoms with Crippen LogP contribution >= 0.6 is 0 Å². The van der Waals surface area contributed by atoms with E-state index in [1.54, 1.807) is 0 Å². The molecule has 2 atom stereocenters. The van der Waals surface area contributed by atoms with Crippen molar-refractivity contribution in [3.8, 4) is 0 Å². The molecule has 1 heteroatoms. The van der Waals surface area contributed by atoms with Crippen LogP contribution in [-0.4, -0.2) is 12.2 Å². The van der Waals surface area contributed by atoms with Gasteiger partial charge in [0.1, 0.15) is 0 Å². The van der Waals surface area contributed by atoms with Crippen LogP contribution in [0.4, 0.5) is 0 Å². The maximum absolute atomic E-state index is 5.72. The first-order valence-corrected chi connectivity index (χ1v) is 6.15. The highest BCUT2D eigenvalue weighted by Gasteiger charge is 2.38.